The van der Waals surface area contributed by atoms with Crippen molar-refractivity contribution in [2.45, 2.75) is 13.5 Å². The van der Waals surface area contributed by atoms with Crippen molar-refractivity contribution in [1.82, 2.24) is 4.98 Å². The monoisotopic (exact) mass is 392 g/mol. The van der Waals surface area contributed by atoms with Crippen LogP contribution < -0.4 is 14.9 Å². The summed E-state index contributed by atoms with van der Waals surface area (Å²) < 4.78 is 11.5. The third kappa shape index (κ3) is 5.52. The first kappa shape index (κ1) is 19.8. The van der Waals surface area contributed by atoms with Crippen molar-refractivity contribution in [2.75, 3.05) is 12.0 Å². The van der Waals surface area contributed by atoms with Gasteiger partial charge in [0.25, 0.3) is 0 Å². The third-order valence-corrected chi connectivity index (χ3v) is 3.87. The van der Waals surface area contributed by atoms with E-state index in [9.17, 15) is 10.1 Å². The zero-order valence-electron chi connectivity index (χ0n) is 15.8. The van der Waals surface area contributed by atoms with Gasteiger partial charge in [0.1, 0.15) is 6.61 Å². The molecule has 0 aliphatic rings. The van der Waals surface area contributed by atoms with Gasteiger partial charge in [-0.15, -0.1) is 0 Å². The van der Waals surface area contributed by atoms with E-state index in [-0.39, 0.29) is 11.5 Å². The molecule has 0 amide bonds. The molecule has 0 spiro atoms. The van der Waals surface area contributed by atoms with Gasteiger partial charge in [0, 0.05) is 12.3 Å². The van der Waals surface area contributed by atoms with E-state index in [1.54, 1.807) is 12.1 Å². The van der Waals surface area contributed by atoms with Gasteiger partial charge in [0.2, 0.25) is 5.82 Å². The highest BCUT2D eigenvalue weighted by atomic mass is 16.6. The van der Waals surface area contributed by atoms with Gasteiger partial charge in [-0.25, -0.2) is 4.98 Å². The number of nitro groups is 1. The minimum atomic E-state index is -0.517. The summed E-state index contributed by atoms with van der Waals surface area (Å²) in [5.41, 5.74) is 4.25. The molecule has 3 rings (SSSR count). The van der Waals surface area contributed by atoms with Crippen molar-refractivity contribution < 1.29 is 14.4 Å². The molecule has 0 atom stereocenters. The van der Waals surface area contributed by atoms with E-state index in [0.29, 0.717) is 24.7 Å². The summed E-state index contributed by atoms with van der Waals surface area (Å²) in [6.07, 6.45) is 2.98. The average molecular weight is 392 g/mol. The lowest BCUT2D eigenvalue weighted by atomic mass is 10.2. The number of rotatable bonds is 9. The van der Waals surface area contributed by atoms with E-state index < -0.39 is 4.92 Å². The highest BCUT2D eigenvalue weighted by Crippen LogP contribution is 2.29. The SMILES string of the molecule is CCOc1cc(/C=N\Nc2ncccc2[N+](=O)[O-])ccc1OCc1ccccc1. The Hall–Kier alpha value is -3.94. The maximum absolute atomic E-state index is 11.0. The first-order chi connectivity index (χ1) is 14.2. The van der Waals surface area contributed by atoms with Crippen LogP contribution in [0.5, 0.6) is 11.5 Å². The number of aromatic nitrogens is 1. The first-order valence-electron chi connectivity index (χ1n) is 8.99. The Morgan fingerprint density at radius 3 is 2.69 bits per heavy atom. The van der Waals surface area contributed by atoms with Crippen molar-refractivity contribution in [2.24, 2.45) is 5.10 Å². The number of nitrogens with zero attached hydrogens (tertiary/aromatic N) is 3. The van der Waals surface area contributed by atoms with Crippen LogP contribution in [-0.2, 0) is 6.61 Å². The number of benzene rings is 2. The normalized spacial score (nSPS) is 10.7. The van der Waals surface area contributed by atoms with Gasteiger partial charge < -0.3 is 9.47 Å². The summed E-state index contributed by atoms with van der Waals surface area (Å²) in [5.74, 6) is 1.29. The second-order valence-electron chi connectivity index (χ2n) is 5.91. The van der Waals surface area contributed by atoms with Crippen molar-refractivity contribution in [3.63, 3.8) is 0 Å². The molecule has 0 radical (unpaired) electrons. The number of hydrogen-bond donors (Lipinski definition) is 1. The molecular weight excluding hydrogens is 372 g/mol. The summed E-state index contributed by atoms with van der Waals surface area (Å²) in [5, 5.41) is 15.1. The summed E-state index contributed by atoms with van der Waals surface area (Å²) >= 11 is 0. The van der Waals surface area contributed by atoms with E-state index in [0.717, 1.165) is 11.1 Å². The van der Waals surface area contributed by atoms with Crippen molar-refractivity contribution in [3.8, 4) is 11.5 Å². The lowest BCUT2D eigenvalue weighted by molar-refractivity contribution is -0.384. The van der Waals surface area contributed by atoms with Gasteiger partial charge in [0.15, 0.2) is 11.5 Å². The molecule has 0 unspecified atom stereocenters. The van der Waals surface area contributed by atoms with Crippen LogP contribution in [0.2, 0.25) is 0 Å². The van der Waals surface area contributed by atoms with E-state index in [2.05, 4.69) is 15.5 Å². The molecule has 29 heavy (non-hydrogen) atoms. The van der Waals surface area contributed by atoms with Crippen molar-refractivity contribution in [3.05, 3.63) is 88.1 Å². The lowest BCUT2D eigenvalue weighted by Crippen LogP contribution is -2.01. The summed E-state index contributed by atoms with van der Waals surface area (Å²) in [4.78, 5) is 14.4. The molecule has 0 aliphatic carbocycles. The quantitative estimate of drug-likeness (QED) is 0.329. The van der Waals surface area contributed by atoms with Gasteiger partial charge in [-0.05, 0) is 42.3 Å². The highest BCUT2D eigenvalue weighted by Gasteiger charge is 2.13. The first-order valence-corrected chi connectivity index (χ1v) is 8.99. The Labute approximate surface area is 168 Å². The van der Waals surface area contributed by atoms with Gasteiger partial charge in [-0.3, -0.25) is 15.5 Å². The van der Waals surface area contributed by atoms with E-state index in [1.165, 1.54) is 24.5 Å². The van der Waals surface area contributed by atoms with Crippen LogP contribution in [0.1, 0.15) is 18.1 Å². The molecule has 1 heterocycles. The van der Waals surface area contributed by atoms with Crippen molar-refractivity contribution >= 4 is 17.7 Å². The zero-order valence-corrected chi connectivity index (χ0v) is 15.8. The number of anilines is 1. The Kier molecular flexibility index (Phi) is 6.72. The van der Waals surface area contributed by atoms with Gasteiger partial charge in [0.05, 0.1) is 17.7 Å². The summed E-state index contributed by atoms with van der Waals surface area (Å²) in [7, 11) is 0. The van der Waals surface area contributed by atoms with Crippen LogP contribution in [0.4, 0.5) is 11.5 Å². The molecule has 8 heteroatoms. The maximum atomic E-state index is 11.0. The molecule has 148 valence electrons. The summed E-state index contributed by atoms with van der Waals surface area (Å²) in [6, 6.07) is 18.1. The number of hydrazone groups is 1. The Morgan fingerprint density at radius 2 is 1.93 bits per heavy atom. The Balaban J connectivity index is 1.71. The van der Waals surface area contributed by atoms with Gasteiger partial charge >= 0.3 is 5.69 Å². The van der Waals surface area contributed by atoms with Gasteiger partial charge in [-0.1, -0.05) is 30.3 Å². The fraction of sp³-hybridized carbons (Fsp3) is 0.143. The topological polar surface area (TPSA) is 98.9 Å². The smallest absolute Gasteiger partial charge is 0.313 e. The van der Waals surface area contributed by atoms with Crippen LogP contribution in [0.3, 0.4) is 0 Å². The van der Waals surface area contributed by atoms with Crippen molar-refractivity contribution in [1.29, 1.82) is 0 Å². The largest absolute Gasteiger partial charge is 0.490 e. The molecule has 0 fully saturated rings. The van der Waals surface area contributed by atoms with Crippen LogP contribution in [0.25, 0.3) is 0 Å². The molecule has 0 saturated carbocycles. The molecule has 0 saturated heterocycles. The van der Waals surface area contributed by atoms with Crippen LogP contribution in [-0.4, -0.2) is 22.7 Å². The Morgan fingerprint density at radius 1 is 1.10 bits per heavy atom. The van der Waals surface area contributed by atoms with Crippen LogP contribution in [0, 0.1) is 10.1 Å². The molecule has 1 aromatic heterocycles. The minimum Gasteiger partial charge on any atom is -0.490 e. The average Bonchev–Trinajstić information content (AvgIpc) is 2.74. The van der Waals surface area contributed by atoms with E-state index in [4.69, 9.17) is 9.47 Å². The number of pyridine rings is 1. The molecular formula is C21H20N4O4. The second kappa shape index (κ2) is 9.84. The molecule has 8 nitrogen and oxygen atoms in total. The predicted octanol–water partition coefficient (Wildman–Crippen LogP) is 4.41. The fourth-order valence-corrected chi connectivity index (χ4v) is 2.53. The Bertz CT molecular complexity index is 993. The second-order valence-corrected chi connectivity index (χ2v) is 5.91. The number of ether oxygens (including phenoxy) is 2. The van der Waals surface area contributed by atoms with E-state index in [1.807, 2.05) is 43.3 Å². The fourth-order valence-electron chi connectivity index (χ4n) is 2.53. The third-order valence-electron chi connectivity index (χ3n) is 3.87. The number of nitrogens with one attached hydrogen (secondary N) is 1. The molecule has 0 aliphatic heterocycles. The number of hydrogen-bond acceptors (Lipinski definition) is 7. The summed E-state index contributed by atoms with van der Waals surface area (Å²) in [6.45, 7) is 2.81. The highest BCUT2D eigenvalue weighted by molar-refractivity contribution is 5.81. The van der Waals surface area contributed by atoms with E-state index >= 15 is 0 Å². The van der Waals surface area contributed by atoms with Gasteiger partial charge in [-0.2, -0.15) is 5.10 Å². The predicted molar refractivity (Wildman–Crippen MR) is 110 cm³/mol. The maximum Gasteiger partial charge on any atom is 0.313 e. The van der Waals surface area contributed by atoms with Crippen LogP contribution in [0.15, 0.2) is 72.0 Å². The molecule has 0 bridgehead atoms. The molecule has 1 N–H and O–H groups in total. The molecule has 2 aromatic carbocycles. The standard InChI is InChI=1S/C21H20N4O4/c1-2-28-20-13-17(10-11-19(20)29-15-16-7-4-3-5-8-16)14-23-24-21-18(25(26)27)9-6-12-22-21/h3-14H,2,15H2,1H3,(H,22,24)/b23-14-. The molecule has 3 aromatic rings. The minimum absolute atomic E-state index is 0.0709. The zero-order chi connectivity index (χ0) is 20.5. The van der Waals surface area contributed by atoms with Crippen LogP contribution >= 0.6 is 0 Å². The lowest BCUT2D eigenvalue weighted by Gasteiger charge is -2.12.